The SMILES string of the molecule is COCCOc1cccc(NC(=O)C2CC(=O)N(CCc3ccccc3)C2)c1. The lowest BCUT2D eigenvalue weighted by molar-refractivity contribution is -0.128. The molecule has 0 saturated carbocycles. The quantitative estimate of drug-likeness (QED) is 0.677. The number of hydrogen-bond acceptors (Lipinski definition) is 4. The van der Waals surface area contributed by atoms with Gasteiger partial charge in [0.25, 0.3) is 0 Å². The fraction of sp³-hybridized carbons (Fsp3) is 0.364. The Bertz CT molecular complexity index is 794. The normalized spacial score (nSPS) is 16.2. The molecule has 0 aliphatic carbocycles. The zero-order valence-corrected chi connectivity index (χ0v) is 16.1. The summed E-state index contributed by atoms with van der Waals surface area (Å²) in [7, 11) is 1.62. The highest BCUT2D eigenvalue weighted by Gasteiger charge is 2.34. The van der Waals surface area contributed by atoms with Gasteiger partial charge in [0.1, 0.15) is 12.4 Å². The second-order valence-electron chi connectivity index (χ2n) is 6.83. The molecule has 28 heavy (non-hydrogen) atoms. The van der Waals surface area contributed by atoms with Crippen LogP contribution in [0.25, 0.3) is 0 Å². The minimum absolute atomic E-state index is 0.0349. The molecule has 1 saturated heterocycles. The standard InChI is InChI=1S/C22H26N2O4/c1-27-12-13-28-20-9-5-8-19(15-20)23-22(26)18-14-21(25)24(16-18)11-10-17-6-3-2-4-7-17/h2-9,15,18H,10-14,16H2,1H3,(H,23,26). The Labute approximate surface area is 165 Å². The van der Waals surface area contributed by atoms with E-state index >= 15 is 0 Å². The molecule has 0 radical (unpaired) electrons. The van der Waals surface area contributed by atoms with Gasteiger partial charge in [0.05, 0.1) is 12.5 Å². The van der Waals surface area contributed by atoms with Crippen LogP contribution >= 0.6 is 0 Å². The molecule has 1 atom stereocenters. The molecule has 148 valence electrons. The predicted octanol–water partition coefficient (Wildman–Crippen LogP) is 2.74. The lowest BCUT2D eigenvalue weighted by atomic mass is 10.1. The first kappa shape index (κ1) is 19.9. The number of nitrogens with one attached hydrogen (secondary N) is 1. The van der Waals surface area contributed by atoms with Gasteiger partial charge in [0.2, 0.25) is 11.8 Å². The van der Waals surface area contributed by atoms with E-state index in [9.17, 15) is 9.59 Å². The van der Waals surface area contributed by atoms with Gasteiger partial charge in [-0.15, -0.1) is 0 Å². The maximum Gasteiger partial charge on any atom is 0.229 e. The first-order valence-electron chi connectivity index (χ1n) is 9.50. The summed E-state index contributed by atoms with van der Waals surface area (Å²) in [4.78, 5) is 26.7. The molecule has 1 unspecified atom stereocenters. The van der Waals surface area contributed by atoms with E-state index in [0.29, 0.717) is 37.7 Å². The van der Waals surface area contributed by atoms with E-state index in [1.807, 2.05) is 48.5 Å². The second-order valence-corrected chi connectivity index (χ2v) is 6.83. The molecule has 2 amide bonds. The fourth-order valence-corrected chi connectivity index (χ4v) is 3.22. The molecule has 1 aliphatic rings. The molecular formula is C22H26N2O4. The van der Waals surface area contributed by atoms with Gasteiger partial charge < -0.3 is 19.7 Å². The van der Waals surface area contributed by atoms with Crippen molar-refractivity contribution in [2.45, 2.75) is 12.8 Å². The molecule has 2 aromatic rings. The molecule has 3 rings (SSSR count). The van der Waals surface area contributed by atoms with Gasteiger partial charge in [0, 0.05) is 38.4 Å². The number of amides is 2. The van der Waals surface area contributed by atoms with Gasteiger partial charge in [-0.05, 0) is 24.1 Å². The van der Waals surface area contributed by atoms with Gasteiger partial charge in [-0.1, -0.05) is 36.4 Å². The van der Waals surface area contributed by atoms with Crippen molar-refractivity contribution in [3.05, 3.63) is 60.2 Å². The summed E-state index contributed by atoms with van der Waals surface area (Å²) in [5.74, 6) is 0.237. The number of methoxy groups -OCH3 is 1. The topological polar surface area (TPSA) is 67.9 Å². The van der Waals surface area contributed by atoms with Gasteiger partial charge in [-0.25, -0.2) is 0 Å². The molecule has 0 bridgehead atoms. The number of carbonyl (C=O) groups excluding carboxylic acids is 2. The maximum absolute atomic E-state index is 12.6. The molecule has 1 heterocycles. The van der Waals surface area contributed by atoms with Crippen molar-refractivity contribution >= 4 is 17.5 Å². The van der Waals surface area contributed by atoms with E-state index in [4.69, 9.17) is 9.47 Å². The molecule has 6 heteroatoms. The van der Waals surface area contributed by atoms with Crippen LogP contribution in [0.15, 0.2) is 54.6 Å². The number of benzene rings is 2. The van der Waals surface area contributed by atoms with Crippen LogP contribution in [0.5, 0.6) is 5.75 Å². The van der Waals surface area contributed by atoms with Crippen LogP contribution in [0.3, 0.4) is 0 Å². The summed E-state index contributed by atoms with van der Waals surface area (Å²) >= 11 is 0. The predicted molar refractivity (Wildman–Crippen MR) is 107 cm³/mol. The van der Waals surface area contributed by atoms with Crippen molar-refractivity contribution in [1.82, 2.24) is 4.90 Å². The zero-order valence-electron chi connectivity index (χ0n) is 16.1. The molecule has 1 fully saturated rings. The van der Waals surface area contributed by atoms with E-state index in [1.54, 1.807) is 18.1 Å². The van der Waals surface area contributed by atoms with Crippen LogP contribution in [-0.4, -0.2) is 50.1 Å². The Morgan fingerprint density at radius 3 is 2.75 bits per heavy atom. The van der Waals surface area contributed by atoms with Gasteiger partial charge in [0.15, 0.2) is 0 Å². The summed E-state index contributed by atoms with van der Waals surface area (Å²) in [6.45, 7) is 2.04. The van der Waals surface area contributed by atoms with Crippen molar-refractivity contribution in [2.24, 2.45) is 5.92 Å². The summed E-state index contributed by atoms with van der Waals surface area (Å²) in [5.41, 5.74) is 1.85. The van der Waals surface area contributed by atoms with Crippen molar-refractivity contribution in [1.29, 1.82) is 0 Å². The molecule has 2 aromatic carbocycles. The lowest BCUT2D eigenvalue weighted by Gasteiger charge is -2.16. The van der Waals surface area contributed by atoms with Crippen LogP contribution < -0.4 is 10.1 Å². The first-order chi connectivity index (χ1) is 13.7. The van der Waals surface area contributed by atoms with Crippen LogP contribution in [0.2, 0.25) is 0 Å². The van der Waals surface area contributed by atoms with Crippen LogP contribution in [0, 0.1) is 5.92 Å². The highest BCUT2D eigenvalue weighted by Crippen LogP contribution is 2.22. The molecule has 0 aromatic heterocycles. The smallest absolute Gasteiger partial charge is 0.229 e. The highest BCUT2D eigenvalue weighted by atomic mass is 16.5. The molecule has 0 spiro atoms. The molecule has 6 nitrogen and oxygen atoms in total. The van der Waals surface area contributed by atoms with E-state index in [-0.39, 0.29) is 24.2 Å². The number of anilines is 1. The maximum atomic E-state index is 12.6. The third-order valence-corrected chi connectivity index (χ3v) is 4.76. The summed E-state index contributed by atoms with van der Waals surface area (Å²) < 4.78 is 10.5. The largest absolute Gasteiger partial charge is 0.491 e. The van der Waals surface area contributed by atoms with Gasteiger partial charge >= 0.3 is 0 Å². The van der Waals surface area contributed by atoms with E-state index in [1.165, 1.54) is 5.56 Å². The highest BCUT2D eigenvalue weighted by molar-refractivity contribution is 5.97. The van der Waals surface area contributed by atoms with Crippen molar-refractivity contribution in [2.75, 3.05) is 38.7 Å². The Morgan fingerprint density at radius 2 is 1.96 bits per heavy atom. The third kappa shape index (κ3) is 5.57. The number of carbonyl (C=O) groups is 2. The summed E-state index contributed by atoms with van der Waals surface area (Å²) in [5, 5.41) is 2.90. The minimum atomic E-state index is -0.332. The molecule has 1 aliphatic heterocycles. The van der Waals surface area contributed by atoms with Gasteiger partial charge in [-0.3, -0.25) is 9.59 Å². The second kappa shape index (κ2) is 9.90. The number of likely N-dealkylation sites (tertiary alicyclic amines) is 1. The Kier molecular flexibility index (Phi) is 7.03. The minimum Gasteiger partial charge on any atom is -0.491 e. The zero-order chi connectivity index (χ0) is 19.8. The van der Waals surface area contributed by atoms with E-state index in [0.717, 1.165) is 6.42 Å². The third-order valence-electron chi connectivity index (χ3n) is 4.76. The average molecular weight is 382 g/mol. The monoisotopic (exact) mass is 382 g/mol. The number of rotatable bonds is 9. The van der Waals surface area contributed by atoms with E-state index < -0.39 is 0 Å². The van der Waals surface area contributed by atoms with Crippen LogP contribution in [0.4, 0.5) is 5.69 Å². The summed E-state index contributed by atoms with van der Waals surface area (Å²) in [6, 6.07) is 17.3. The summed E-state index contributed by atoms with van der Waals surface area (Å²) in [6.07, 6.45) is 1.05. The lowest BCUT2D eigenvalue weighted by Crippen LogP contribution is -2.30. The van der Waals surface area contributed by atoms with Crippen molar-refractivity contribution < 1.29 is 19.1 Å². The number of ether oxygens (including phenoxy) is 2. The number of nitrogens with zero attached hydrogens (tertiary/aromatic N) is 1. The Balaban J connectivity index is 1.51. The van der Waals surface area contributed by atoms with Crippen molar-refractivity contribution in [3.8, 4) is 5.75 Å². The first-order valence-corrected chi connectivity index (χ1v) is 9.50. The fourth-order valence-electron chi connectivity index (χ4n) is 3.22. The Hall–Kier alpha value is -2.86. The van der Waals surface area contributed by atoms with Crippen LogP contribution in [0.1, 0.15) is 12.0 Å². The van der Waals surface area contributed by atoms with Gasteiger partial charge in [-0.2, -0.15) is 0 Å². The molecular weight excluding hydrogens is 356 g/mol. The van der Waals surface area contributed by atoms with Crippen LogP contribution in [-0.2, 0) is 20.7 Å². The average Bonchev–Trinajstić information content (AvgIpc) is 3.09. The Morgan fingerprint density at radius 1 is 1.14 bits per heavy atom. The number of hydrogen-bond donors (Lipinski definition) is 1. The van der Waals surface area contributed by atoms with E-state index in [2.05, 4.69) is 5.32 Å². The molecule has 1 N–H and O–H groups in total. The van der Waals surface area contributed by atoms with Crippen molar-refractivity contribution in [3.63, 3.8) is 0 Å².